The lowest BCUT2D eigenvalue weighted by atomic mass is 9.99. The SMILES string of the molecule is COCC[C@@H]1CCCCN1CC(=O)Nc1nc(C)c(C(=O)O)s1. The van der Waals surface area contributed by atoms with Gasteiger partial charge in [-0.25, -0.2) is 9.78 Å². The Kier molecular flexibility index (Phi) is 6.49. The first-order chi connectivity index (χ1) is 11.0. The highest BCUT2D eigenvalue weighted by atomic mass is 32.1. The number of carbonyl (C=O) groups excluding carboxylic acids is 1. The summed E-state index contributed by atoms with van der Waals surface area (Å²) < 4.78 is 5.14. The number of carboxylic acid groups (broad SMARTS) is 1. The molecule has 0 aliphatic carbocycles. The van der Waals surface area contributed by atoms with Gasteiger partial charge in [-0.2, -0.15) is 0 Å². The van der Waals surface area contributed by atoms with Crippen LogP contribution in [0.5, 0.6) is 0 Å². The highest BCUT2D eigenvalue weighted by Crippen LogP contribution is 2.23. The highest BCUT2D eigenvalue weighted by molar-refractivity contribution is 7.17. The van der Waals surface area contributed by atoms with Crippen molar-refractivity contribution in [2.75, 3.05) is 32.1 Å². The van der Waals surface area contributed by atoms with Crippen molar-refractivity contribution in [3.05, 3.63) is 10.6 Å². The van der Waals surface area contributed by atoms with Crippen LogP contribution in [0.1, 0.15) is 41.0 Å². The molecule has 2 heterocycles. The van der Waals surface area contributed by atoms with Gasteiger partial charge in [0.05, 0.1) is 12.2 Å². The molecule has 1 amide bonds. The van der Waals surface area contributed by atoms with Gasteiger partial charge >= 0.3 is 5.97 Å². The minimum absolute atomic E-state index is 0.153. The van der Waals surface area contributed by atoms with E-state index in [1.165, 1.54) is 6.42 Å². The number of aromatic carboxylic acids is 1. The predicted molar refractivity (Wildman–Crippen MR) is 88.1 cm³/mol. The third-order valence-electron chi connectivity index (χ3n) is 3.99. The number of amides is 1. The maximum atomic E-state index is 12.2. The van der Waals surface area contributed by atoms with Crippen molar-refractivity contribution in [2.24, 2.45) is 0 Å². The second-order valence-electron chi connectivity index (χ2n) is 5.69. The molecule has 1 atom stereocenters. The monoisotopic (exact) mass is 341 g/mol. The zero-order chi connectivity index (χ0) is 16.8. The number of methoxy groups -OCH3 is 1. The molecule has 1 aliphatic heterocycles. The Bertz CT molecular complexity index is 561. The van der Waals surface area contributed by atoms with Crippen LogP contribution >= 0.6 is 11.3 Å². The Morgan fingerprint density at radius 2 is 2.26 bits per heavy atom. The maximum absolute atomic E-state index is 12.2. The van der Waals surface area contributed by atoms with E-state index < -0.39 is 5.97 Å². The average molecular weight is 341 g/mol. The maximum Gasteiger partial charge on any atom is 0.347 e. The summed E-state index contributed by atoms with van der Waals surface area (Å²) in [6, 6.07) is 0.363. The summed E-state index contributed by atoms with van der Waals surface area (Å²) in [5.74, 6) is -1.17. The lowest BCUT2D eigenvalue weighted by Gasteiger charge is -2.35. The van der Waals surface area contributed by atoms with Gasteiger partial charge in [-0.15, -0.1) is 0 Å². The molecular weight excluding hydrogens is 318 g/mol. The van der Waals surface area contributed by atoms with Crippen LogP contribution in [0.25, 0.3) is 0 Å². The van der Waals surface area contributed by atoms with Gasteiger partial charge in [-0.3, -0.25) is 9.69 Å². The summed E-state index contributed by atoms with van der Waals surface area (Å²) >= 11 is 0.992. The summed E-state index contributed by atoms with van der Waals surface area (Å²) in [7, 11) is 1.69. The summed E-state index contributed by atoms with van der Waals surface area (Å²) in [5, 5.41) is 12.1. The molecular formula is C15H23N3O4S. The van der Waals surface area contributed by atoms with Crippen LogP contribution in [0.2, 0.25) is 0 Å². The van der Waals surface area contributed by atoms with E-state index in [-0.39, 0.29) is 10.8 Å². The number of hydrogen-bond donors (Lipinski definition) is 2. The lowest BCUT2D eigenvalue weighted by Crippen LogP contribution is -2.44. The number of carboxylic acids is 1. The minimum Gasteiger partial charge on any atom is -0.477 e. The summed E-state index contributed by atoms with van der Waals surface area (Å²) in [6.07, 6.45) is 4.27. The fourth-order valence-electron chi connectivity index (χ4n) is 2.84. The number of anilines is 1. The smallest absolute Gasteiger partial charge is 0.347 e. The first kappa shape index (κ1) is 17.8. The number of nitrogens with zero attached hydrogens (tertiary/aromatic N) is 2. The topological polar surface area (TPSA) is 91.8 Å². The number of rotatable bonds is 7. The molecule has 7 nitrogen and oxygen atoms in total. The first-order valence-corrected chi connectivity index (χ1v) is 8.56. The standard InChI is InChI=1S/C15H23N3O4S/c1-10-13(14(20)21)23-15(16-10)17-12(19)9-18-7-4-3-5-11(18)6-8-22-2/h11H,3-9H2,1-2H3,(H,20,21)(H,16,17,19)/t11-/m0/s1. The molecule has 1 fully saturated rings. The van der Waals surface area contributed by atoms with E-state index >= 15 is 0 Å². The zero-order valence-corrected chi connectivity index (χ0v) is 14.3. The van der Waals surface area contributed by atoms with Crippen LogP contribution in [-0.2, 0) is 9.53 Å². The number of thiazole rings is 1. The summed E-state index contributed by atoms with van der Waals surface area (Å²) in [5.41, 5.74) is 0.425. The van der Waals surface area contributed by atoms with Gasteiger partial charge in [0, 0.05) is 19.8 Å². The number of hydrogen-bond acceptors (Lipinski definition) is 6. The van der Waals surface area contributed by atoms with Crippen LogP contribution in [0.15, 0.2) is 0 Å². The van der Waals surface area contributed by atoms with Crippen LogP contribution in [0, 0.1) is 6.92 Å². The van der Waals surface area contributed by atoms with Crippen molar-refractivity contribution in [3.63, 3.8) is 0 Å². The molecule has 23 heavy (non-hydrogen) atoms. The number of nitrogens with one attached hydrogen (secondary N) is 1. The normalized spacial score (nSPS) is 18.8. The number of ether oxygens (including phenoxy) is 1. The summed E-state index contributed by atoms with van der Waals surface area (Å²) in [4.78, 5) is 29.7. The van der Waals surface area contributed by atoms with E-state index in [9.17, 15) is 9.59 Å². The Morgan fingerprint density at radius 3 is 2.91 bits per heavy atom. The number of likely N-dealkylation sites (tertiary alicyclic amines) is 1. The molecule has 1 aliphatic rings. The van der Waals surface area contributed by atoms with Crippen LogP contribution in [0.4, 0.5) is 5.13 Å². The Balaban J connectivity index is 1.92. The molecule has 0 bridgehead atoms. The van der Waals surface area contributed by atoms with Crippen LogP contribution in [0.3, 0.4) is 0 Å². The molecule has 0 radical (unpaired) electrons. The second kappa shape index (κ2) is 8.37. The molecule has 8 heteroatoms. The van der Waals surface area contributed by atoms with Gasteiger partial charge in [-0.05, 0) is 32.7 Å². The third kappa shape index (κ3) is 4.98. The van der Waals surface area contributed by atoms with Crippen LogP contribution in [-0.4, -0.2) is 59.7 Å². The largest absolute Gasteiger partial charge is 0.477 e. The van der Waals surface area contributed by atoms with Crippen molar-refractivity contribution >= 4 is 28.3 Å². The van der Waals surface area contributed by atoms with E-state index in [2.05, 4.69) is 15.2 Å². The fraction of sp³-hybridized carbons (Fsp3) is 0.667. The Morgan fingerprint density at radius 1 is 1.48 bits per heavy atom. The minimum atomic E-state index is -1.02. The van der Waals surface area contributed by atoms with Gasteiger partial charge in [0.25, 0.3) is 0 Å². The molecule has 2 N–H and O–H groups in total. The van der Waals surface area contributed by atoms with Gasteiger partial charge in [-0.1, -0.05) is 17.8 Å². The van der Waals surface area contributed by atoms with E-state index in [0.717, 1.165) is 37.1 Å². The van der Waals surface area contributed by atoms with Gasteiger partial charge < -0.3 is 15.2 Å². The van der Waals surface area contributed by atoms with Crippen molar-refractivity contribution < 1.29 is 19.4 Å². The predicted octanol–water partition coefficient (Wildman–Crippen LogP) is 1.98. The molecule has 0 unspecified atom stereocenters. The molecule has 0 aromatic carbocycles. The molecule has 1 aromatic rings. The molecule has 0 spiro atoms. The van der Waals surface area contributed by atoms with Gasteiger partial charge in [0.1, 0.15) is 4.88 Å². The second-order valence-corrected chi connectivity index (χ2v) is 6.69. The highest BCUT2D eigenvalue weighted by Gasteiger charge is 2.24. The van der Waals surface area contributed by atoms with Crippen molar-refractivity contribution in [1.29, 1.82) is 0 Å². The molecule has 2 rings (SSSR count). The molecule has 128 valence electrons. The summed E-state index contributed by atoms with van der Waals surface area (Å²) in [6.45, 7) is 3.52. The first-order valence-electron chi connectivity index (χ1n) is 7.74. The molecule has 1 aromatic heterocycles. The quantitative estimate of drug-likeness (QED) is 0.788. The number of aromatic nitrogens is 1. The third-order valence-corrected chi connectivity index (χ3v) is 5.05. The number of piperidine rings is 1. The van der Waals surface area contributed by atoms with Crippen molar-refractivity contribution in [2.45, 2.75) is 38.6 Å². The van der Waals surface area contributed by atoms with Crippen molar-refractivity contribution in [3.8, 4) is 0 Å². The lowest BCUT2D eigenvalue weighted by molar-refractivity contribution is -0.118. The zero-order valence-electron chi connectivity index (χ0n) is 13.5. The van der Waals surface area contributed by atoms with E-state index in [1.807, 2.05) is 0 Å². The van der Waals surface area contributed by atoms with E-state index in [0.29, 0.717) is 30.0 Å². The van der Waals surface area contributed by atoms with Gasteiger partial charge in [0.15, 0.2) is 5.13 Å². The van der Waals surface area contributed by atoms with E-state index in [1.54, 1.807) is 14.0 Å². The van der Waals surface area contributed by atoms with Crippen molar-refractivity contribution in [1.82, 2.24) is 9.88 Å². The van der Waals surface area contributed by atoms with Gasteiger partial charge in [0.2, 0.25) is 5.91 Å². The Labute approximate surface area is 139 Å². The Hall–Kier alpha value is -1.51. The van der Waals surface area contributed by atoms with Crippen LogP contribution < -0.4 is 5.32 Å². The molecule has 0 saturated carbocycles. The number of carbonyl (C=O) groups is 2. The average Bonchev–Trinajstić information content (AvgIpc) is 2.87. The fourth-order valence-corrected chi connectivity index (χ4v) is 3.66. The number of aryl methyl sites for hydroxylation is 1. The van der Waals surface area contributed by atoms with E-state index in [4.69, 9.17) is 9.84 Å². The molecule has 1 saturated heterocycles.